The minimum absolute atomic E-state index is 0.0948. The van der Waals surface area contributed by atoms with E-state index >= 15 is 0 Å². The maximum atomic E-state index is 14.5. The zero-order valence-corrected chi connectivity index (χ0v) is 17.0. The molecule has 0 bridgehead atoms. The van der Waals surface area contributed by atoms with E-state index in [4.69, 9.17) is 21.6 Å². The molecular formula is C21H20ClFN6O. The van der Waals surface area contributed by atoms with Gasteiger partial charge in [-0.1, -0.05) is 11.6 Å². The summed E-state index contributed by atoms with van der Waals surface area (Å²) in [6.45, 7) is 1.54. The van der Waals surface area contributed by atoms with E-state index in [0.717, 1.165) is 30.4 Å². The summed E-state index contributed by atoms with van der Waals surface area (Å²) in [4.78, 5) is 10.2. The van der Waals surface area contributed by atoms with Crippen LogP contribution in [0.4, 0.5) is 10.2 Å². The quantitative estimate of drug-likeness (QED) is 0.557. The maximum absolute atomic E-state index is 14.5. The van der Waals surface area contributed by atoms with Crippen LogP contribution in [0.2, 0.25) is 5.15 Å². The highest BCUT2D eigenvalue weighted by Gasteiger charge is 2.26. The molecule has 7 nitrogen and oxygen atoms in total. The van der Waals surface area contributed by atoms with Crippen molar-refractivity contribution in [2.24, 2.45) is 0 Å². The van der Waals surface area contributed by atoms with Gasteiger partial charge in [0.25, 0.3) is 0 Å². The van der Waals surface area contributed by atoms with Crippen molar-refractivity contribution in [2.75, 3.05) is 18.4 Å². The maximum Gasteiger partial charge on any atom is 0.220 e. The Balaban J connectivity index is 1.52. The van der Waals surface area contributed by atoms with Crippen LogP contribution in [0.3, 0.4) is 0 Å². The van der Waals surface area contributed by atoms with Crippen molar-refractivity contribution < 1.29 is 9.13 Å². The normalized spacial score (nSPS) is 16.1. The van der Waals surface area contributed by atoms with Crippen LogP contribution in [0.5, 0.6) is 5.88 Å². The Morgan fingerprint density at radius 1 is 1.27 bits per heavy atom. The average molecular weight is 427 g/mol. The summed E-state index contributed by atoms with van der Waals surface area (Å²) < 4.78 is 20.2. The van der Waals surface area contributed by atoms with E-state index in [0.29, 0.717) is 48.9 Å². The second kappa shape index (κ2) is 8.83. The second-order valence-electron chi connectivity index (χ2n) is 7.44. The van der Waals surface area contributed by atoms with E-state index in [1.165, 1.54) is 0 Å². The summed E-state index contributed by atoms with van der Waals surface area (Å²) in [5, 5.41) is 21.4. The molecule has 2 aromatic rings. The van der Waals surface area contributed by atoms with Crippen LogP contribution in [0.25, 0.3) is 0 Å². The minimum Gasteiger partial charge on any atom is -0.474 e. The number of nitriles is 2. The van der Waals surface area contributed by atoms with Crippen molar-refractivity contribution in [3.8, 4) is 18.0 Å². The molecule has 0 saturated heterocycles. The fourth-order valence-corrected chi connectivity index (χ4v) is 3.95. The lowest BCUT2D eigenvalue weighted by molar-refractivity contribution is 0.113. The Hall–Kier alpha value is -2.94. The molecule has 0 amide bonds. The smallest absolute Gasteiger partial charge is 0.220 e. The van der Waals surface area contributed by atoms with Crippen LogP contribution in [-0.2, 0) is 19.5 Å². The Morgan fingerprint density at radius 2 is 2.10 bits per heavy atom. The van der Waals surface area contributed by atoms with Crippen molar-refractivity contribution in [1.82, 2.24) is 14.9 Å². The lowest BCUT2D eigenvalue weighted by Gasteiger charge is -2.30. The Bertz CT molecular complexity index is 1040. The largest absolute Gasteiger partial charge is 0.474 e. The van der Waals surface area contributed by atoms with Crippen LogP contribution >= 0.6 is 11.6 Å². The number of anilines is 1. The first kappa shape index (κ1) is 20.3. The molecule has 9 heteroatoms. The predicted molar refractivity (Wildman–Crippen MR) is 108 cm³/mol. The van der Waals surface area contributed by atoms with E-state index in [1.54, 1.807) is 12.1 Å². The summed E-state index contributed by atoms with van der Waals surface area (Å²) in [5.74, 6) is 0.311. The SMILES string of the molecule is N#CCNc1nc(Cl)c(C#N)c2c1CCN(Cc1ccc(OC3CCC3)nc1F)C2. The topological polar surface area (TPSA) is 97.9 Å². The van der Waals surface area contributed by atoms with Gasteiger partial charge in [-0.25, -0.2) is 4.98 Å². The molecule has 1 saturated carbocycles. The van der Waals surface area contributed by atoms with Gasteiger partial charge >= 0.3 is 0 Å². The first-order chi connectivity index (χ1) is 14.6. The van der Waals surface area contributed by atoms with Gasteiger partial charge in [0.05, 0.1) is 11.6 Å². The standard InChI is InChI=1S/C21H20ClFN6O/c22-19-16(10-25)17-12-29(9-6-15(17)21(28-19)26-8-7-24)11-13-4-5-18(27-20(13)23)30-14-2-1-3-14/h4-5,14H,1-3,6,8-9,11-12H2,(H,26,28). The number of nitrogens with one attached hydrogen (secondary N) is 1. The third-order valence-corrected chi connectivity index (χ3v) is 5.78. The van der Waals surface area contributed by atoms with E-state index in [-0.39, 0.29) is 17.8 Å². The molecule has 1 fully saturated rings. The number of nitrogens with zero attached hydrogens (tertiary/aromatic N) is 5. The average Bonchev–Trinajstić information content (AvgIpc) is 2.70. The fourth-order valence-electron chi connectivity index (χ4n) is 3.70. The Labute approximate surface area is 179 Å². The molecule has 0 unspecified atom stereocenters. The summed E-state index contributed by atoms with van der Waals surface area (Å²) in [6.07, 6.45) is 3.87. The number of halogens is 2. The number of fused-ring (bicyclic) bond motifs is 1. The van der Waals surface area contributed by atoms with Gasteiger partial charge in [0, 0.05) is 36.8 Å². The minimum atomic E-state index is -0.540. The van der Waals surface area contributed by atoms with Crippen LogP contribution < -0.4 is 10.1 Å². The van der Waals surface area contributed by atoms with E-state index in [2.05, 4.69) is 21.4 Å². The fraction of sp³-hybridized carbons (Fsp3) is 0.429. The predicted octanol–water partition coefficient (Wildman–Crippen LogP) is 3.57. The molecule has 0 atom stereocenters. The summed E-state index contributed by atoms with van der Waals surface area (Å²) in [5.41, 5.74) is 2.44. The van der Waals surface area contributed by atoms with Crippen LogP contribution in [-0.4, -0.2) is 34.1 Å². The molecule has 1 aliphatic carbocycles. The van der Waals surface area contributed by atoms with Crippen molar-refractivity contribution in [3.63, 3.8) is 0 Å². The molecule has 2 aromatic heterocycles. The van der Waals surface area contributed by atoms with Gasteiger partial charge in [-0.3, -0.25) is 4.90 Å². The van der Waals surface area contributed by atoms with Crippen molar-refractivity contribution in [1.29, 1.82) is 10.5 Å². The Morgan fingerprint density at radius 3 is 2.77 bits per heavy atom. The Kier molecular flexibility index (Phi) is 5.98. The molecule has 30 heavy (non-hydrogen) atoms. The van der Waals surface area contributed by atoms with Crippen LogP contribution in [0, 0.1) is 28.6 Å². The zero-order chi connectivity index (χ0) is 21.1. The highest BCUT2D eigenvalue weighted by molar-refractivity contribution is 6.30. The number of hydrogen-bond donors (Lipinski definition) is 1. The van der Waals surface area contributed by atoms with E-state index < -0.39 is 5.95 Å². The van der Waals surface area contributed by atoms with Gasteiger partial charge in [-0.05, 0) is 37.3 Å². The van der Waals surface area contributed by atoms with Crippen molar-refractivity contribution >= 4 is 17.4 Å². The van der Waals surface area contributed by atoms with Gasteiger partial charge in [0.1, 0.15) is 29.7 Å². The third kappa shape index (κ3) is 4.16. The second-order valence-corrected chi connectivity index (χ2v) is 7.80. The molecule has 1 aliphatic heterocycles. The number of ether oxygens (including phenoxy) is 1. The van der Waals surface area contributed by atoms with Gasteiger partial charge in [-0.15, -0.1) is 0 Å². The molecule has 2 aliphatic rings. The van der Waals surface area contributed by atoms with Crippen LogP contribution in [0.1, 0.15) is 41.5 Å². The molecule has 1 N–H and O–H groups in total. The number of aromatic nitrogens is 2. The first-order valence-corrected chi connectivity index (χ1v) is 10.2. The van der Waals surface area contributed by atoms with E-state index in [9.17, 15) is 9.65 Å². The summed E-state index contributed by atoms with van der Waals surface area (Å²) >= 11 is 6.20. The van der Waals surface area contributed by atoms with E-state index in [1.807, 2.05) is 11.0 Å². The van der Waals surface area contributed by atoms with Gasteiger partial charge < -0.3 is 10.1 Å². The molecule has 0 aromatic carbocycles. The first-order valence-electron chi connectivity index (χ1n) is 9.85. The lowest BCUT2D eigenvalue weighted by Crippen LogP contribution is -2.32. The summed E-state index contributed by atoms with van der Waals surface area (Å²) in [6, 6.07) is 7.55. The van der Waals surface area contributed by atoms with Crippen LogP contribution in [0.15, 0.2) is 12.1 Å². The lowest BCUT2D eigenvalue weighted by atomic mass is 9.96. The van der Waals surface area contributed by atoms with Gasteiger partial charge in [0.15, 0.2) is 0 Å². The molecule has 0 radical (unpaired) electrons. The molecule has 0 spiro atoms. The highest BCUT2D eigenvalue weighted by atomic mass is 35.5. The molecule has 154 valence electrons. The number of rotatable bonds is 6. The zero-order valence-electron chi connectivity index (χ0n) is 16.3. The summed E-state index contributed by atoms with van der Waals surface area (Å²) in [7, 11) is 0. The van der Waals surface area contributed by atoms with Crippen molar-refractivity contribution in [2.45, 2.75) is 44.9 Å². The third-order valence-electron chi connectivity index (χ3n) is 5.51. The van der Waals surface area contributed by atoms with Gasteiger partial charge in [-0.2, -0.15) is 19.9 Å². The molecular weight excluding hydrogens is 407 g/mol. The highest BCUT2D eigenvalue weighted by Crippen LogP contribution is 2.32. The number of hydrogen-bond acceptors (Lipinski definition) is 7. The number of pyridine rings is 2. The molecule has 3 heterocycles. The monoisotopic (exact) mass is 426 g/mol. The van der Waals surface area contributed by atoms with Crippen molar-refractivity contribution in [3.05, 3.63) is 45.5 Å². The molecule has 4 rings (SSSR count). The van der Waals surface area contributed by atoms with Gasteiger partial charge in [0.2, 0.25) is 11.8 Å².